The molecule has 3 rings (SSSR count). The van der Waals surface area contributed by atoms with Gasteiger partial charge in [0.1, 0.15) is 11.8 Å². The monoisotopic (exact) mass is 326 g/mol. The second-order valence-electron chi connectivity index (χ2n) is 5.38. The van der Waals surface area contributed by atoms with Crippen LogP contribution in [0.1, 0.15) is 17.8 Å². The highest BCUT2D eigenvalue weighted by Gasteiger charge is 2.35. The Morgan fingerprint density at radius 1 is 1.21 bits per heavy atom. The number of methoxy groups -OCH3 is 1. The van der Waals surface area contributed by atoms with Gasteiger partial charge in [0, 0.05) is 23.9 Å². The molecule has 1 aliphatic rings. The lowest BCUT2D eigenvalue weighted by Gasteiger charge is -2.38. The van der Waals surface area contributed by atoms with Crippen molar-refractivity contribution in [3.63, 3.8) is 0 Å². The molecule has 126 valence electrons. The number of amides is 1. The van der Waals surface area contributed by atoms with Gasteiger partial charge < -0.3 is 15.0 Å². The zero-order chi connectivity index (χ0) is 16.2. The van der Waals surface area contributed by atoms with Crippen LogP contribution in [0.4, 0.5) is 5.69 Å². The first-order valence-corrected chi connectivity index (χ1v) is 7.45. The molecule has 1 aliphatic heterocycles. The van der Waals surface area contributed by atoms with Gasteiger partial charge in [0.25, 0.3) is 0 Å². The third-order valence-corrected chi connectivity index (χ3v) is 3.94. The highest BCUT2D eigenvalue weighted by atomic mass is 16.5. The maximum atomic E-state index is 12.5. The highest BCUT2D eigenvalue weighted by Crippen LogP contribution is 2.24. The van der Waals surface area contributed by atoms with Crippen LogP contribution in [0, 0.1) is 0 Å². The van der Waals surface area contributed by atoms with Crippen LogP contribution >= 0.6 is 0 Å². The first-order valence-electron chi connectivity index (χ1n) is 7.45. The van der Waals surface area contributed by atoms with Crippen LogP contribution in [0.15, 0.2) is 54.6 Å². The van der Waals surface area contributed by atoms with E-state index in [1.54, 1.807) is 19.2 Å². The zero-order valence-corrected chi connectivity index (χ0v) is 12.9. The van der Waals surface area contributed by atoms with Crippen molar-refractivity contribution in [1.29, 1.82) is 0 Å². The Morgan fingerprint density at radius 2 is 1.96 bits per heavy atom. The molecule has 1 saturated heterocycles. The summed E-state index contributed by atoms with van der Waals surface area (Å²) < 4.78 is 5.24. The van der Waals surface area contributed by atoms with E-state index < -0.39 is 0 Å². The van der Waals surface area contributed by atoms with Gasteiger partial charge in [-0.05, 0) is 12.1 Å². The van der Waals surface area contributed by atoms with Crippen molar-refractivity contribution < 1.29 is 14.3 Å². The molecule has 5 heteroatoms. The third-order valence-electron chi connectivity index (χ3n) is 3.94. The van der Waals surface area contributed by atoms with E-state index in [0.717, 1.165) is 5.69 Å². The standard InChI is InChI=1S/C18H18N2O3.CH4/c1-23-15-9-5-8-14(10-15)20(16-11-19-18(16)22)12-17(21)13-6-3-2-4-7-13;/h2-10,16H,11-12H2,1H3,(H,19,22);1H4. The smallest absolute Gasteiger partial charge is 0.244 e. The SMILES string of the molecule is C.COc1cccc(N(CC(=O)c2ccccc2)C2CNC2=O)c1. The number of ketones is 1. The lowest BCUT2D eigenvalue weighted by molar-refractivity contribution is -0.127. The number of benzene rings is 2. The van der Waals surface area contributed by atoms with E-state index in [1.165, 1.54) is 0 Å². The Bertz CT molecular complexity index is 716. The van der Waals surface area contributed by atoms with Crippen molar-refractivity contribution in [3.8, 4) is 5.75 Å². The van der Waals surface area contributed by atoms with Gasteiger partial charge in [0.2, 0.25) is 5.91 Å². The third kappa shape index (κ3) is 3.56. The Morgan fingerprint density at radius 3 is 2.54 bits per heavy atom. The van der Waals surface area contributed by atoms with Gasteiger partial charge in [-0.1, -0.05) is 43.8 Å². The number of hydrogen-bond donors (Lipinski definition) is 1. The number of anilines is 1. The number of rotatable bonds is 6. The predicted molar refractivity (Wildman–Crippen MR) is 94.6 cm³/mol. The Kier molecular flexibility index (Phi) is 5.58. The number of carbonyl (C=O) groups excluding carboxylic acids is 2. The van der Waals surface area contributed by atoms with E-state index in [4.69, 9.17) is 4.74 Å². The van der Waals surface area contributed by atoms with Gasteiger partial charge in [-0.2, -0.15) is 0 Å². The van der Waals surface area contributed by atoms with E-state index in [0.29, 0.717) is 17.9 Å². The van der Waals surface area contributed by atoms with Crippen molar-refractivity contribution in [3.05, 3.63) is 60.2 Å². The van der Waals surface area contributed by atoms with Crippen LogP contribution in [0.5, 0.6) is 5.75 Å². The van der Waals surface area contributed by atoms with Crippen molar-refractivity contribution in [1.82, 2.24) is 5.32 Å². The number of nitrogens with zero attached hydrogens (tertiary/aromatic N) is 1. The molecule has 1 N–H and O–H groups in total. The molecule has 2 aromatic rings. The number of hydrogen-bond acceptors (Lipinski definition) is 4. The van der Waals surface area contributed by atoms with Crippen LogP contribution in [0.3, 0.4) is 0 Å². The molecule has 0 saturated carbocycles. The number of Topliss-reactive ketones (excluding diaryl/α,β-unsaturated/α-hetero) is 1. The lowest BCUT2D eigenvalue weighted by Crippen LogP contribution is -2.63. The van der Waals surface area contributed by atoms with Crippen LogP contribution in [-0.4, -0.2) is 37.9 Å². The maximum absolute atomic E-state index is 12.5. The summed E-state index contributed by atoms with van der Waals surface area (Å²) in [5.41, 5.74) is 1.44. The fraction of sp³-hybridized carbons (Fsp3) is 0.263. The zero-order valence-electron chi connectivity index (χ0n) is 12.9. The molecule has 24 heavy (non-hydrogen) atoms. The molecule has 0 bridgehead atoms. The summed E-state index contributed by atoms with van der Waals surface area (Å²) in [6, 6.07) is 16.2. The second kappa shape index (κ2) is 7.64. The van der Waals surface area contributed by atoms with Gasteiger partial charge in [0.15, 0.2) is 5.78 Å². The molecule has 0 aromatic heterocycles. The van der Waals surface area contributed by atoms with Crippen molar-refractivity contribution in [2.24, 2.45) is 0 Å². The summed E-state index contributed by atoms with van der Waals surface area (Å²) in [5, 5.41) is 2.73. The molecule has 0 aliphatic carbocycles. The minimum absolute atomic E-state index is 0. The summed E-state index contributed by atoms with van der Waals surface area (Å²) in [4.78, 5) is 26.2. The maximum Gasteiger partial charge on any atom is 0.244 e. The summed E-state index contributed by atoms with van der Waals surface area (Å²) in [6.07, 6.45) is 0. The van der Waals surface area contributed by atoms with E-state index in [9.17, 15) is 9.59 Å². The molecule has 1 atom stereocenters. The van der Waals surface area contributed by atoms with Crippen LogP contribution in [-0.2, 0) is 4.79 Å². The average Bonchev–Trinajstić information content (AvgIpc) is 2.60. The molecule has 1 heterocycles. The molecule has 0 radical (unpaired) electrons. The van der Waals surface area contributed by atoms with E-state index in [-0.39, 0.29) is 31.7 Å². The molecular weight excluding hydrogens is 304 g/mol. The predicted octanol–water partition coefficient (Wildman–Crippen LogP) is 2.52. The molecule has 1 unspecified atom stereocenters. The summed E-state index contributed by atoms with van der Waals surface area (Å²) >= 11 is 0. The van der Waals surface area contributed by atoms with Crippen molar-refractivity contribution >= 4 is 17.4 Å². The summed E-state index contributed by atoms with van der Waals surface area (Å²) in [7, 11) is 1.59. The van der Waals surface area contributed by atoms with Crippen molar-refractivity contribution in [2.45, 2.75) is 13.5 Å². The largest absolute Gasteiger partial charge is 0.497 e. The van der Waals surface area contributed by atoms with Crippen LogP contribution in [0.25, 0.3) is 0 Å². The van der Waals surface area contributed by atoms with Gasteiger partial charge in [-0.25, -0.2) is 0 Å². The molecule has 0 spiro atoms. The molecular formula is C19H22N2O3. The Balaban J connectivity index is 0.00000208. The lowest BCUT2D eigenvalue weighted by atomic mass is 10.0. The van der Waals surface area contributed by atoms with Gasteiger partial charge >= 0.3 is 0 Å². The van der Waals surface area contributed by atoms with E-state index in [1.807, 2.05) is 47.4 Å². The average molecular weight is 326 g/mol. The van der Waals surface area contributed by atoms with Crippen molar-refractivity contribution in [2.75, 3.05) is 25.1 Å². The van der Waals surface area contributed by atoms with Crippen LogP contribution < -0.4 is 15.0 Å². The van der Waals surface area contributed by atoms with Crippen LogP contribution in [0.2, 0.25) is 0 Å². The Labute approximate surface area is 142 Å². The minimum Gasteiger partial charge on any atom is -0.497 e. The number of β-lactam (4-membered cyclic amide) rings is 1. The quantitative estimate of drug-likeness (QED) is 0.654. The van der Waals surface area contributed by atoms with Gasteiger partial charge in [0.05, 0.1) is 13.7 Å². The number of ether oxygens (including phenoxy) is 1. The van der Waals surface area contributed by atoms with Gasteiger partial charge in [-0.15, -0.1) is 0 Å². The topological polar surface area (TPSA) is 58.6 Å². The van der Waals surface area contributed by atoms with E-state index >= 15 is 0 Å². The fourth-order valence-corrected chi connectivity index (χ4v) is 2.57. The second-order valence-corrected chi connectivity index (χ2v) is 5.38. The van der Waals surface area contributed by atoms with Gasteiger partial charge in [-0.3, -0.25) is 9.59 Å². The van der Waals surface area contributed by atoms with E-state index in [2.05, 4.69) is 5.32 Å². The number of carbonyl (C=O) groups is 2. The normalized spacial score (nSPS) is 15.5. The summed E-state index contributed by atoms with van der Waals surface area (Å²) in [5.74, 6) is 0.612. The Hall–Kier alpha value is -2.82. The highest BCUT2D eigenvalue weighted by molar-refractivity contribution is 6.01. The number of nitrogens with one attached hydrogen (secondary N) is 1. The first kappa shape index (κ1) is 17.5. The molecule has 2 aromatic carbocycles. The summed E-state index contributed by atoms with van der Waals surface area (Å²) in [6.45, 7) is 0.688. The molecule has 5 nitrogen and oxygen atoms in total. The molecule has 1 fully saturated rings. The fourth-order valence-electron chi connectivity index (χ4n) is 2.57. The molecule has 1 amide bonds. The minimum atomic E-state index is -0.324. The first-order chi connectivity index (χ1) is 11.2.